The highest BCUT2D eigenvalue weighted by atomic mass is 16.5. The third-order valence-corrected chi connectivity index (χ3v) is 4.35. The Morgan fingerprint density at radius 3 is 2.81 bits per heavy atom. The lowest BCUT2D eigenvalue weighted by molar-refractivity contribution is 0.0905. The molecule has 4 atom stereocenters. The zero-order valence-electron chi connectivity index (χ0n) is 13.1. The quantitative estimate of drug-likeness (QED) is 0.873. The standard InChI is InChI=1S/C15H26N4O2/c1-11(12(2)21-3)17-15(20)18-13-7-4-5-8-14(13)19-10-6-9-16-19/h6,9-14H,4-5,7-8H2,1-3H3,(H2,17,18,20)/t11-,12+,13-,14+/m0/s1. The van der Waals surface area contributed by atoms with Crippen molar-refractivity contribution in [2.45, 2.75) is 63.8 Å². The molecular formula is C15H26N4O2. The van der Waals surface area contributed by atoms with E-state index in [4.69, 9.17) is 4.74 Å². The number of ether oxygens (including phenoxy) is 1. The summed E-state index contributed by atoms with van der Waals surface area (Å²) in [6, 6.07) is 2.14. The van der Waals surface area contributed by atoms with Crippen LogP contribution < -0.4 is 10.6 Å². The zero-order chi connectivity index (χ0) is 15.2. The van der Waals surface area contributed by atoms with Gasteiger partial charge in [0.15, 0.2) is 0 Å². The van der Waals surface area contributed by atoms with Crippen LogP contribution in [0.25, 0.3) is 0 Å². The van der Waals surface area contributed by atoms with E-state index < -0.39 is 0 Å². The molecule has 1 fully saturated rings. The third kappa shape index (κ3) is 4.20. The largest absolute Gasteiger partial charge is 0.380 e. The molecule has 1 aromatic heterocycles. The average molecular weight is 294 g/mol. The van der Waals surface area contributed by atoms with Crippen molar-refractivity contribution < 1.29 is 9.53 Å². The van der Waals surface area contributed by atoms with E-state index in [1.807, 2.05) is 30.8 Å². The van der Waals surface area contributed by atoms with Gasteiger partial charge in [0.25, 0.3) is 0 Å². The maximum absolute atomic E-state index is 12.1. The summed E-state index contributed by atoms with van der Waals surface area (Å²) in [5.74, 6) is 0. The van der Waals surface area contributed by atoms with E-state index in [0.29, 0.717) is 0 Å². The molecule has 1 aliphatic carbocycles. The second kappa shape index (κ2) is 7.45. The average Bonchev–Trinajstić information content (AvgIpc) is 3.00. The molecule has 1 aliphatic rings. The lowest BCUT2D eigenvalue weighted by Gasteiger charge is -2.33. The van der Waals surface area contributed by atoms with E-state index in [2.05, 4.69) is 15.7 Å². The molecule has 0 saturated heterocycles. The van der Waals surface area contributed by atoms with Crippen LogP contribution in [0.1, 0.15) is 45.6 Å². The van der Waals surface area contributed by atoms with Crippen LogP contribution in [0.5, 0.6) is 0 Å². The highest BCUT2D eigenvalue weighted by Crippen LogP contribution is 2.27. The van der Waals surface area contributed by atoms with Crippen LogP contribution in [0.3, 0.4) is 0 Å². The number of amides is 2. The molecule has 21 heavy (non-hydrogen) atoms. The highest BCUT2D eigenvalue weighted by molar-refractivity contribution is 5.74. The van der Waals surface area contributed by atoms with E-state index in [0.717, 1.165) is 19.3 Å². The molecule has 0 unspecified atom stereocenters. The molecule has 1 aromatic rings. The van der Waals surface area contributed by atoms with Crippen LogP contribution in [0.2, 0.25) is 0 Å². The molecule has 6 nitrogen and oxygen atoms in total. The summed E-state index contributed by atoms with van der Waals surface area (Å²) in [7, 11) is 1.65. The number of urea groups is 1. The fourth-order valence-electron chi connectivity index (χ4n) is 2.81. The third-order valence-electron chi connectivity index (χ3n) is 4.35. The van der Waals surface area contributed by atoms with Gasteiger partial charge in [-0.1, -0.05) is 12.8 Å². The smallest absolute Gasteiger partial charge is 0.315 e. The Morgan fingerprint density at radius 1 is 1.38 bits per heavy atom. The summed E-state index contributed by atoms with van der Waals surface area (Å²) in [4.78, 5) is 12.1. The Bertz CT molecular complexity index is 435. The van der Waals surface area contributed by atoms with E-state index >= 15 is 0 Å². The maximum atomic E-state index is 12.1. The van der Waals surface area contributed by atoms with E-state index in [1.54, 1.807) is 13.3 Å². The second-order valence-electron chi connectivity index (χ2n) is 5.79. The van der Waals surface area contributed by atoms with Gasteiger partial charge >= 0.3 is 6.03 Å². The van der Waals surface area contributed by atoms with Crippen molar-refractivity contribution >= 4 is 6.03 Å². The minimum atomic E-state index is -0.129. The summed E-state index contributed by atoms with van der Waals surface area (Å²) in [5.41, 5.74) is 0. The number of aromatic nitrogens is 2. The summed E-state index contributed by atoms with van der Waals surface area (Å²) >= 11 is 0. The van der Waals surface area contributed by atoms with E-state index in [1.165, 1.54) is 6.42 Å². The van der Waals surface area contributed by atoms with Gasteiger partial charge in [-0.2, -0.15) is 5.10 Å². The first-order valence-electron chi connectivity index (χ1n) is 7.70. The molecular weight excluding hydrogens is 268 g/mol. The number of methoxy groups -OCH3 is 1. The van der Waals surface area contributed by atoms with Crippen molar-refractivity contribution in [3.05, 3.63) is 18.5 Å². The van der Waals surface area contributed by atoms with Crippen molar-refractivity contribution in [1.82, 2.24) is 20.4 Å². The predicted octanol–water partition coefficient (Wildman–Crippen LogP) is 2.09. The van der Waals surface area contributed by atoms with Crippen LogP contribution in [0.15, 0.2) is 18.5 Å². The number of hydrogen-bond donors (Lipinski definition) is 2. The van der Waals surface area contributed by atoms with Crippen LogP contribution >= 0.6 is 0 Å². The first-order valence-corrected chi connectivity index (χ1v) is 7.70. The molecule has 118 valence electrons. The van der Waals surface area contributed by atoms with Crippen LogP contribution in [0, 0.1) is 0 Å². The molecule has 0 aromatic carbocycles. The lowest BCUT2D eigenvalue weighted by Crippen LogP contribution is -2.51. The number of hydrogen-bond acceptors (Lipinski definition) is 3. The monoisotopic (exact) mass is 294 g/mol. The van der Waals surface area contributed by atoms with Crippen molar-refractivity contribution in [3.8, 4) is 0 Å². The Morgan fingerprint density at radius 2 is 2.14 bits per heavy atom. The van der Waals surface area contributed by atoms with E-state index in [-0.39, 0.29) is 30.3 Å². The Kier molecular flexibility index (Phi) is 5.61. The topological polar surface area (TPSA) is 68.2 Å². The van der Waals surface area contributed by atoms with Gasteiger partial charge in [0.2, 0.25) is 0 Å². The van der Waals surface area contributed by atoms with Gasteiger partial charge in [0, 0.05) is 19.5 Å². The molecule has 2 amide bonds. The van der Waals surface area contributed by atoms with Gasteiger partial charge in [-0.05, 0) is 32.8 Å². The van der Waals surface area contributed by atoms with Crippen molar-refractivity contribution in [2.75, 3.05) is 7.11 Å². The van der Waals surface area contributed by atoms with Gasteiger partial charge in [-0.25, -0.2) is 4.79 Å². The van der Waals surface area contributed by atoms with Gasteiger partial charge in [0.1, 0.15) is 0 Å². The second-order valence-corrected chi connectivity index (χ2v) is 5.79. The SMILES string of the molecule is CO[C@H](C)[C@H](C)NC(=O)N[C@H]1CCCC[C@H]1n1cccn1. The summed E-state index contributed by atoms with van der Waals surface area (Å²) in [6.07, 6.45) is 8.12. The molecule has 0 radical (unpaired) electrons. The molecule has 2 rings (SSSR count). The Labute approximate surface area is 126 Å². The number of carbonyl (C=O) groups is 1. The lowest BCUT2D eigenvalue weighted by atomic mass is 9.90. The maximum Gasteiger partial charge on any atom is 0.315 e. The first kappa shape index (κ1) is 15.8. The Balaban J connectivity index is 1.91. The zero-order valence-corrected chi connectivity index (χ0v) is 13.1. The number of carbonyl (C=O) groups excluding carboxylic acids is 1. The molecule has 0 bridgehead atoms. The molecule has 0 aliphatic heterocycles. The number of rotatable bonds is 5. The molecule has 0 spiro atoms. The Hall–Kier alpha value is -1.56. The fraction of sp³-hybridized carbons (Fsp3) is 0.733. The van der Waals surface area contributed by atoms with Gasteiger partial charge in [-0.3, -0.25) is 4.68 Å². The fourth-order valence-corrected chi connectivity index (χ4v) is 2.81. The minimum absolute atomic E-state index is 0.0102. The number of nitrogens with one attached hydrogen (secondary N) is 2. The van der Waals surface area contributed by atoms with Crippen LogP contribution in [0.4, 0.5) is 4.79 Å². The minimum Gasteiger partial charge on any atom is -0.380 e. The van der Waals surface area contributed by atoms with Crippen LogP contribution in [-0.2, 0) is 4.74 Å². The van der Waals surface area contributed by atoms with Gasteiger partial charge in [0.05, 0.1) is 24.2 Å². The summed E-state index contributed by atoms with van der Waals surface area (Å²) in [5, 5.41) is 10.4. The molecule has 1 heterocycles. The predicted molar refractivity (Wildman–Crippen MR) is 81.1 cm³/mol. The molecule has 1 saturated carbocycles. The van der Waals surface area contributed by atoms with Crippen molar-refractivity contribution in [2.24, 2.45) is 0 Å². The van der Waals surface area contributed by atoms with Crippen LogP contribution in [-0.4, -0.2) is 41.1 Å². The summed E-state index contributed by atoms with van der Waals surface area (Å²) < 4.78 is 7.19. The van der Waals surface area contributed by atoms with E-state index in [9.17, 15) is 4.79 Å². The van der Waals surface area contributed by atoms with Gasteiger partial charge in [-0.15, -0.1) is 0 Å². The normalized spacial score (nSPS) is 25.1. The number of nitrogens with zero attached hydrogens (tertiary/aromatic N) is 2. The first-order chi connectivity index (χ1) is 10.1. The highest BCUT2D eigenvalue weighted by Gasteiger charge is 2.28. The van der Waals surface area contributed by atoms with Crippen molar-refractivity contribution in [1.29, 1.82) is 0 Å². The molecule has 2 N–H and O–H groups in total. The van der Waals surface area contributed by atoms with Crippen molar-refractivity contribution in [3.63, 3.8) is 0 Å². The summed E-state index contributed by atoms with van der Waals surface area (Å²) in [6.45, 7) is 3.89. The van der Waals surface area contributed by atoms with Gasteiger partial charge < -0.3 is 15.4 Å². The molecule has 6 heteroatoms.